The van der Waals surface area contributed by atoms with Crippen LogP contribution in [0.25, 0.3) is 6.08 Å². The van der Waals surface area contributed by atoms with Crippen LogP contribution in [0.1, 0.15) is 36.8 Å². The van der Waals surface area contributed by atoms with E-state index in [0.29, 0.717) is 5.69 Å². The molecule has 0 aliphatic carbocycles. The van der Waals surface area contributed by atoms with Crippen LogP contribution in [-0.2, 0) is 6.54 Å². The Labute approximate surface area is 173 Å². The first-order valence-electron chi connectivity index (χ1n) is 10.4. The summed E-state index contributed by atoms with van der Waals surface area (Å²) in [6.07, 6.45) is 4.00. The lowest BCUT2D eigenvalue weighted by atomic mass is 10.1. The Bertz CT molecular complexity index is 806. The first-order chi connectivity index (χ1) is 14.0. The molecule has 1 fully saturated rings. The topological polar surface area (TPSA) is 66.3 Å². The van der Waals surface area contributed by atoms with E-state index in [-0.39, 0.29) is 11.9 Å². The van der Waals surface area contributed by atoms with Crippen LogP contribution in [0.2, 0.25) is 0 Å². The van der Waals surface area contributed by atoms with E-state index in [1.54, 1.807) is 10.9 Å². The molecule has 1 aromatic heterocycles. The molecule has 7 nitrogen and oxygen atoms in total. The predicted octanol–water partition coefficient (Wildman–Crippen LogP) is 2.14. The summed E-state index contributed by atoms with van der Waals surface area (Å²) in [5.74, 6) is -0.168. The summed E-state index contributed by atoms with van der Waals surface area (Å²) < 4.78 is 1.76. The Morgan fingerprint density at radius 1 is 1.10 bits per heavy atom. The summed E-state index contributed by atoms with van der Waals surface area (Å²) in [5.41, 5.74) is 3.03. The van der Waals surface area contributed by atoms with Gasteiger partial charge in [-0.1, -0.05) is 47.2 Å². The van der Waals surface area contributed by atoms with Crippen LogP contribution in [0.3, 0.4) is 0 Å². The molecule has 1 aliphatic rings. The Morgan fingerprint density at radius 2 is 1.79 bits per heavy atom. The molecule has 2 aromatic rings. The zero-order chi connectivity index (χ0) is 20.6. The Morgan fingerprint density at radius 3 is 2.48 bits per heavy atom. The molecule has 1 amide bonds. The van der Waals surface area contributed by atoms with Crippen molar-refractivity contribution in [1.29, 1.82) is 0 Å². The molecule has 29 heavy (non-hydrogen) atoms. The van der Waals surface area contributed by atoms with Gasteiger partial charge < -0.3 is 5.32 Å². The third kappa shape index (κ3) is 6.80. The van der Waals surface area contributed by atoms with Gasteiger partial charge in [-0.05, 0) is 26.3 Å². The largest absolute Gasteiger partial charge is 0.348 e. The monoisotopic (exact) mass is 396 g/mol. The fourth-order valence-electron chi connectivity index (χ4n) is 3.49. The van der Waals surface area contributed by atoms with E-state index in [4.69, 9.17) is 0 Å². The first kappa shape index (κ1) is 21.2. The number of carbonyl (C=O) groups is 1. The van der Waals surface area contributed by atoms with Crippen molar-refractivity contribution in [3.05, 3.63) is 53.4 Å². The molecule has 156 valence electrons. The van der Waals surface area contributed by atoms with E-state index >= 15 is 0 Å². The molecule has 2 heterocycles. The molecule has 7 heteroatoms. The molecule has 1 saturated heterocycles. The number of carbonyl (C=O) groups excluding carboxylic acids is 1. The summed E-state index contributed by atoms with van der Waals surface area (Å²) in [5, 5.41) is 10.9. The molecule has 0 unspecified atom stereocenters. The minimum atomic E-state index is -0.168. The maximum atomic E-state index is 12.0. The van der Waals surface area contributed by atoms with Crippen LogP contribution in [0.5, 0.6) is 0 Å². The van der Waals surface area contributed by atoms with Gasteiger partial charge in [-0.25, -0.2) is 0 Å². The lowest BCUT2D eigenvalue weighted by Gasteiger charge is -2.34. The van der Waals surface area contributed by atoms with Gasteiger partial charge in [-0.3, -0.25) is 19.3 Å². The summed E-state index contributed by atoms with van der Waals surface area (Å²) in [7, 11) is 0. The van der Waals surface area contributed by atoms with Crippen LogP contribution < -0.4 is 5.32 Å². The van der Waals surface area contributed by atoms with Crippen LogP contribution in [0.4, 0.5) is 0 Å². The molecular weight excluding hydrogens is 364 g/mol. The highest BCUT2D eigenvalue weighted by molar-refractivity contribution is 5.91. The number of hydrogen-bond donors (Lipinski definition) is 1. The van der Waals surface area contributed by atoms with Gasteiger partial charge in [-0.2, -0.15) is 0 Å². The van der Waals surface area contributed by atoms with Crippen LogP contribution >= 0.6 is 0 Å². The summed E-state index contributed by atoms with van der Waals surface area (Å²) in [4.78, 5) is 16.9. The molecule has 3 rings (SSSR count). The van der Waals surface area contributed by atoms with Crippen molar-refractivity contribution >= 4 is 12.0 Å². The molecule has 0 atom stereocenters. The van der Waals surface area contributed by atoms with Crippen LogP contribution in [-0.4, -0.2) is 76.0 Å². The quantitative estimate of drug-likeness (QED) is 0.741. The maximum Gasteiger partial charge on any atom is 0.273 e. The average Bonchev–Trinajstić information content (AvgIpc) is 3.17. The van der Waals surface area contributed by atoms with E-state index in [1.807, 2.05) is 19.9 Å². The van der Waals surface area contributed by atoms with Gasteiger partial charge >= 0.3 is 0 Å². The van der Waals surface area contributed by atoms with Crippen LogP contribution in [0, 0.1) is 0 Å². The number of piperazine rings is 1. The number of nitrogens with zero attached hydrogens (tertiary/aromatic N) is 5. The van der Waals surface area contributed by atoms with Crippen molar-refractivity contribution in [3.63, 3.8) is 0 Å². The lowest BCUT2D eigenvalue weighted by Crippen LogP contribution is -2.47. The normalized spacial score (nSPS) is 16.3. The number of rotatable bonds is 8. The molecule has 1 aromatic carbocycles. The van der Waals surface area contributed by atoms with Gasteiger partial charge in [0.1, 0.15) is 0 Å². The second kappa shape index (κ2) is 10.3. The number of hydrogen-bond acceptors (Lipinski definition) is 5. The van der Waals surface area contributed by atoms with Gasteiger partial charge in [0.15, 0.2) is 5.69 Å². The first-order valence-corrected chi connectivity index (χ1v) is 10.4. The summed E-state index contributed by atoms with van der Waals surface area (Å²) >= 11 is 0. The molecule has 0 radical (unpaired) electrons. The molecule has 0 bridgehead atoms. The third-order valence-electron chi connectivity index (χ3n) is 4.99. The van der Waals surface area contributed by atoms with Crippen molar-refractivity contribution in [1.82, 2.24) is 30.1 Å². The lowest BCUT2D eigenvalue weighted by molar-refractivity contribution is 0.0938. The average molecular weight is 397 g/mol. The molecule has 1 N–H and O–H groups in total. The Balaban J connectivity index is 1.39. The summed E-state index contributed by atoms with van der Waals surface area (Å²) in [6.45, 7) is 13.0. The van der Waals surface area contributed by atoms with Gasteiger partial charge in [0.05, 0.1) is 12.7 Å². The molecule has 0 spiro atoms. The molecule has 0 saturated carbocycles. The Hall–Kier alpha value is -2.51. The number of benzene rings is 1. The molecular formula is C22H32N6O. The Kier molecular flexibility index (Phi) is 7.55. The summed E-state index contributed by atoms with van der Waals surface area (Å²) in [6, 6.07) is 10.6. The fourth-order valence-corrected chi connectivity index (χ4v) is 3.49. The van der Waals surface area contributed by atoms with Crippen LogP contribution in [0.15, 0.2) is 42.1 Å². The second-order valence-corrected chi connectivity index (χ2v) is 8.01. The zero-order valence-corrected chi connectivity index (χ0v) is 17.7. The van der Waals surface area contributed by atoms with Gasteiger partial charge in [0, 0.05) is 45.3 Å². The zero-order valence-electron chi connectivity index (χ0n) is 17.7. The van der Waals surface area contributed by atoms with E-state index in [1.165, 1.54) is 11.1 Å². The van der Waals surface area contributed by atoms with Gasteiger partial charge in [0.2, 0.25) is 0 Å². The van der Waals surface area contributed by atoms with E-state index in [0.717, 1.165) is 45.8 Å². The number of aromatic nitrogens is 3. The fraction of sp³-hybridized carbons (Fsp3) is 0.500. The highest BCUT2D eigenvalue weighted by atomic mass is 16.2. The highest BCUT2D eigenvalue weighted by Crippen LogP contribution is 2.10. The van der Waals surface area contributed by atoms with Crippen molar-refractivity contribution in [2.45, 2.75) is 33.4 Å². The SMILES string of the molecule is CC(=Cc1ccccc1)CN1CCN(CCn2cc(C(=O)NC(C)C)nn2)CC1. The number of nitrogens with one attached hydrogen (secondary N) is 1. The predicted molar refractivity (Wildman–Crippen MR) is 116 cm³/mol. The standard InChI is InChI=1S/C22H32N6O/c1-18(2)23-22(29)21-17-28(25-24-21)14-13-26-9-11-27(12-10-26)16-19(3)15-20-7-5-4-6-8-20/h4-8,15,17-18H,9-14,16H2,1-3H3,(H,23,29). The van der Waals surface area contributed by atoms with Crippen molar-refractivity contribution in [2.24, 2.45) is 0 Å². The third-order valence-corrected chi connectivity index (χ3v) is 4.99. The van der Waals surface area contributed by atoms with Gasteiger partial charge in [-0.15, -0.1) is 5.10 Å². The van der Waals surface area contributed by atoms with Crippen molar-refractivity contribution < 1.29 is 4.79 Å². The van der Waals surface area contributed by atoms with Crippen molar-refractivity contribution in [3.8, 4) is 0 Å². The van der Waals surface area contributed by atoms with E-state index in [2.05, 4.69) is 62.7 Å². The second-order valence-electron chi connectivity index (χ2n) is 8.01. The van der Waals surface area contributed by atoms with E-state index < -0.39 is 0 Å². The van der Waals surface area contributed by atoms with Gasteiger partial charge in [0.25, 0.3) is 5.91 Å². The maximum absolute atomic E-state index is 12.0. The number of amides is 1. The van der Waals surface area contributed by atoms with Crippen molar-refractivity contribution in [2.75, 3.05) is 39.3 Å². The van der Waals surface area contributed by atoms with E-state index in [9.17, 15) is 4.79 Å². The minimum Gasteiger partial charge on any atom is -0.348 e. The minimum absolute atomic E-state index is 0.0927. The molecule has 1 aliphatic heterocycles. The highest BCUT2D eigenvalue weighted by Gasteiger charge is 2.17. The smallest absolute Gasteiger partial charge is 0.273 e.